The molecule has 0 bridgehead atoms. The molecular weight excluding hydrogens is 300 g/mol. The van der Waals surface area contributed by atoms with E-state index in [1.165, 1.54) is 0 Å². The van der Waals surface area contributed by atoms with Gasteiger partial charge >= 0.3 is 5.97 Å². The Morgan fingerprint density at radius 3 is 2.67 bits per heavy atom. The molecule has 3 rings (SSSR count). The van der Waals surface area contributed by atoms with Gasteiger partial charge in [-0.3, -0.25) is 4.79 Å². The van der Waals surface area contributed by atoms with Crippen molar-refractivity contribution in [1.29, 1.82) is 0 Å². The average molecular weight is 313 g/mol. The van der Waals surface area contributed by atoms with Gasteiger partial charge in [0.25, 0.3) is 0 Å². The van der Waals surface area contributed by atoms with E-state index in [9.17, 15) is 9.90 Å². The van der Waals surface area contributed by atoms with Crippen LogP contribution in [0, 0.1) is 6.92 Å². The number of hydrogen-bond donors (Lipinski definition) is 1. The third kappa shape index (κ3) is 1.53. The van der Waals surface area contributed by atoms with E-state index in [1.807, 2.05) is 13.0 Å². The molecule has 1 aromatic carbocycles. The molecule has 0 spiro atoms. The highest BCUT2D eigenvalue weighted by molar-refractivity contribution is 9.10. The van der Waals surface area contributed by atoms with Crippen molar-refractivity contribution in [2.45, 2.75) is 25.2 Å². The molecule has 0 saturated heterocycles. The minimum atomic E-state index is -0.779. The second kappa shape index (κ2) is 3.88. The second-order valence-electron chi connectivity index (χ2n) is 4.77. The highest BCUT2D eigenvalue weighted by Gasteiger charge is 2.55. The van der Waals surface area contributed by atoms with Gasteiger partial charge < -0.3 is 14.6 Å². The van der Waals surface area contributed by atoms with Crippen LogP contribution in [0.25, 0.3) is 0 Å². The molecule has 4 nitrogen and oxygen atoms in total. The van der Waals surface area contributed by atoms with Gasteiger partial charge in [0, 0.05) is 10.0 Å². The molecule has 5 heteroatoms. The van der Waals surface area contributed by atoms with Crippen molar-refractivity contribution in [3.63, 3.8) is 0 Å². The number of halogens is 1. The SMILES string of the molecule is Cc1c(Br)cc2c(c1C1(C(=O)O)CC1)OCCO2. The number of hydrogen-bond acceptors (Lipinski definition) is 3. The molecule has 1 saturated carbocycles. The summed E-state index contributed by atoms with van der Waals surface area (Å²) in [7, 11) is 0. The third-order valence-corrected chi connectivity index (χ3v) is 4.49. The first-order valence-electron chi connectivity index (χ1n) is 5.89. The van der Waals surface area contributed by atoms with Gasteiger partial charge in [-0.1, -0.05) is 15.9 Å². The number of aliphatic carboxylic acids is 1. The quantitative estimate of drug-likeness (QED) is 0.912. The Morgan fingerprint density at radius 1 is 1.39 bits per heavy atom. The smallest absolute Gasteiger partial charge is 0.314 e. The Morgan fingerprint density at radius 2 is 2.06 bits per heavy atom. The summed E-state index contributed by atoms with van der Waals surface area (Å²) in [4.78, 5) is 11.5. The van der Waals surface area contributed by atoms with Crippen LogP contribution >= 0.6 is 15.9 Å². The van der Waals surface area contributed by atoms with Gasteiger partial charge in [0.15, 0.2) is 11.5 Å². The van der Waals surface area contributed by atoms with Gasteiger partial charge in [0.1, 0.15) is 13.2 Å². The Bertz CT molecular complexity index is 534. The van der Waals surface area contributed by atoms with Crippen LogP contribution in [0.1, 0.15) is 24.0 Å². The molecule has 1 N–H and O–H groups in total. The summed E-state index contributed by atoms with van der Waals surface area (Å²) in [5, 5.41) is 9.46. The van der Waals surface area contributed by atoms with E-state index in [0.29, 0.717) is 37.6 Å². The van der Waals surface area contributed by atoms with Crippen LogP contribution in [-0.2, 0) is 10.2 Å². The molecule has 1 fully saturated rings. The summed E-state index contributed by atoms with van der Waals surface area (Å²) in [6.45, 7) is 2.89. The molecule has 1 aromatic rings. The molecule has 0 atom stereocenters. The van der Waals surface area contributed by atoms with Crippen LogP contribution in [0.2, 0.25) is 0 Å². The maximum Gasteiger partial charge on any atom is 0.314 e. The molecule has 1 aliphatic carbocycles. The topological polar surface area (TPSA) is 55.8 Å². The minimum absolute atomic E-state index is 0.469. The van der Waals surface area contributed by atoms with Crippen molar-refractivity contribution in [1.82, 2.24) is 0 Å². The van der Waals surface area contributed by atoms with Gasteiger partial charge in [0.2, 0.25) is 0 Å². The number of carbonyl (C=O) groups is 1. The van der Waals surface area contributed by atoms with Crippen LogP contribution in [0.5, 0.6) is 11.5 Å². The highest BCUT2D eigenvalue weighted by Crippen LogP contribution is 2.56. The van der Waals surface area contributed by atoms with Gasteiger partial charge in [-0.25, -0.2) is 0 Å². The molecule has 96 valence electrons. The molecule has 0 aromatic heterocycles. The average Bonchev–Trinajstić information content (AvgIpc) is 3.12. The maximum absolute atomic E-state index is 11.5. The zero-order chi connectivity index (χ0) is 12.9. The molecule has 0 radical (unpaired) electrons. The van der Waals surface area contributed by atoms with E-state index in [1.54, 1.807) is 0 Å². The number of ether oxygens (including phenoxy) is 2. The highest BCUT2D eigenvalue weighted by atomic mass is 79.9. The van der Waals surface area contributed by atoms with E-state index < -0.39 is 11.4 Å². The summed E-state index contributed by atoms with van der Waals surface area (Å²) in [5.41, 5.74) is 0.928. The first-order valence-corrected chi connectivity index (χ1v) is 6.68. The van der Waals surface area contributed by atoms with E-state index in [2.05, 4.69) is 15.9 Å². The standard InChI is InChI=1S/C13H13BrO4/c1-7-8(14)6-9-11(18-5-4-17-9)10(7)13(2-3-13)12(15)16/h6H,2-5H2,1H3,(H,15,16). The minimum Gasteiger partial charge on any atom is -0.486 e. The Labute approximate surface area is 113 Å². The lowest BCUT2D eigenvalue weighted by Crippen LogP contribution is -2.25. The molecular formula is C13H13BrO4. The molecule has 1 aliphatic heterocycles. The second-order valence-corrected chi connectivity index (χ2v) is 5.62. The fourth-order valence-corrected chi connectivity index (χ4v) is 2.93. The molecule has 2 aliphatic rings. The van der Waals surface area contributed by atoms with Crippen molar-refractivity contribution in [3.8, 4) is 11.5 Å². The van der Waals surface area contributed by atoms with E-state index >= 15 is 0 Å². The molecule has 1 heterocycles. The summed E-state index contributed by atoms with van der Waals surface area (Å²) >= 11 is 3.47. The lowest BCUT2D eigenvalue weighted by molar-refractivity contribution is -0.140. The van der Waals surface area contributed by atoms with Gasteiger partial charge in [0.05, 0.1) is 5.41 Å². The summed E-state index contributed by atoms with van der Waals surface area (Å²) in [6.07, 6.45) is 1.32. The zero-order valence-corrected chi connectivity index (χ0v) is 11.5. The van der Waals surface area contributed by atoms with Crippen LogP contribution in [0.15, 0.2) is 10.5 Å². The first-order chi connectivity index (χ1) is 8.56. The fraction of sp³-hybridized carbons (Fsp3) is 0.462. The predicted octanol–water partition coefficient (Wildman–Crippen LogP) is 2.64. The maximum atomic E-state index is 11.5. The van der Waals surface area contributed by atoms with Crippen LogP contribution in [0.3, 0.4) is 0 Å². The van der Waals surface area contributed by atoms with Gasteiger partial charge in [-0.2, -0.15) is 0 Å². The van der Waals surface area contributed by atoms with Crippen molar-refractivity contribution in [2.24, 2.45) is 0 Å². The van der Waals surface area contributed by atoms with Crippen molar-refractivity contribution >= 4 is 21.9 Å². The Kier molecular flexibility index (Phi) is 2.55. The lowest BCUT2D eigenvalue weighted by Gasteiger charge is -2.26. The van der Waals surface area contributed by atoms with Crippen LogP contribution in [0.4, 0.5) is 0 Å². The van der Waals surface area contributed by atoms with E-state index in [-0.39, 0.29) is 0 Å². The lowest BCUT2D eigenvalue weighted by atomic mass is 9.90. The van der Waals surface area contributed by atoms with Crippen molar-refractivity contribution < 1.29 is 19.4 Å². The van der Waals surface area contributed by atoms with Crippen LogP contribution < -0.4 is 9.47 Å². The zero-order valence-electron chi connectivity index (χ0n) is 9.96. The van der Waals surface area contributed by atoms with Crippen molar-refractivity contribution in [3.05, 3.63) is 21.7 Å². The number of carboxylic acid groups (broad SMARTS) is 1. The molecule has 18 heavy (non-hydrogen) atoms. The van der Waals surface area contributed by atoms with Gasteiger partial charge in [-0.05, 0) is 31.4 Å². The molecule has 0 unspecified atom stereocenters. The number of carboxylic acids is 1. The summed E-state index contributed by atoms with van der Waals surface area (Å²) in [6, 6.07) is 1.85. The summed E-state index contributed by atoms with van der Waals surface area (Å²) < 4.78 is 12.1. The van der Waals surface area contributed by atoms with E-state index in [0.717, 1.165) is 15.6 Å². The number of fused-ring (bicyclic) bond motifs is 1. The number of benzene rings is 1. The Hall–Kier alpha value is -1.23. The normalized spacial score (nSPS) is 19.4. The summed E-state index contributed by atoms with van der Waals surface area (Å²) in [5.74, 6) is 0.475. The third-order valence-electron chi connectivity index (χ3n) is 3.67. The van der Waals surface area contributed by atoms with Crippen LogP contribution in [-0.4, -0.2) is 24.3 Å². The van der Waals surface area contributed by atoms with Crippen molar-refractivity contribution in [2.75, 3.05) is 13.2 Å². The monoisotopic (exact) mass is 312 g/mol. The number of rotatable bonds is 2. The Balaban J connectivity index is 2.24. The molecule has 0 amide bonds. The predicted molar refractivity (Wildman–Crippen MR) is 68.4 cm³/mol. The largest absolute Gasteiger partial charge is 0.486 e. The van der Waals surface area contributed by atoms with E-state index in [4.69, 9.17) is 9.47 Å². The van der Waals surface area contributed by atoms with Gasteiger partial charge in [-0.15, -0.1) is 0 Å². The first kappa shape index (κ1) is 11.8. The fourth-order valence-electron chi connectivity index (χ4n) is 2.52.